The molecule has 7 unspecified atom stereocenters. The minimum Gasteiger partial charge on any atom is -0.393 e. The fourth-order valence-corrected chi connectivity index (χ4v) is 9.31. The molecule has 0 amide bonds. The summed E-state index contributed by atoms with van der Waals surface area (Å²) in [5.41, 5.74) is 3.25. The van der Waals surface area contributed by atoms with Gasteiger partial charge in [-0.25, -0.2) is 4.39 Å². The Morgan fingerprint density at radius 3 is 2.73 bits per heavy atom. The Morgan fingerprint density at radius 1 is 1.24 bits per heavy atom. The van der Waals surface area contributed by atoms with E-state index in [1.54, 1.807) is 12.1 Å². The van der Waals surface area contributed by atoms with Gasteiger partial charge in [0.15, 0.2) is 5.12 Å². The van der Waals surface area contributed by atoms with Crippen molar-refractivity contribution in [3.05, 3.63) is 58.7 Å². The number of allylic oxidation sites excluding steroid dienone is 1. The van der Waals surface area contributed by atoms with Crippen LogP contribution in [0.1, 0.15) is 62.8 Å². The molecule has 3 fully saturated rings. The summed E-state index contributed by atoms with van der Waals surface area (Å²) in [5, 5.41) is 19.0. The standard InChI is InChI=1S/C27H31FN2O2S/c1-25-12-15-14-29-30-21(15)11-17(25)5-8-19-20-9-10-27(24(32)33,16-3-6-18(28)7-4-16)26(20,2)13-22(31)23(19)25/h3-4,6-7,11,14,19-20,22-23,31H,5,8-10,12-13H2,1-2H3,(H,29,30)(H,32,33). The van der Waals surface area contributed by atoms with Gasteiger partial charge in [0.25, 0.3) is 0 Å². The molecule has 0 saturated heterocycles. The Morgan fingerprint density at radius 2 is 2.00 bits per heavy atom. The molecule has 3 saturated carbocycles. The molecule has 0 bridgehead atoms. The molecule has 0 spiro atoms. The zero-order valence-corrected chi connectivity index (χ0v) is 20.0. The molecule has 7 atom stereocenters. The van der Waals surface area contributed by atoms with E-state index in [1.165, 1.54) is 23.3 Å². The van der Waals surface area contributed by atoms with Crippen molar-refractivity contribution in [2.75, 3.05) is 0 Å². The van der Waals surface area contributed by atoms with Gasteiger partial charge in [0.2, 0.25) is 0 Å². The summed E-state index contributed by atoms with van der Waals surface area (Å²) in [6.45, 7) is 4.51. The Hall–Kier alpha value is -1.92. The normalized spacial score (nSPS) is 41.4. The van der Waals surface area contributed by atoms with Crippen LogP contribution in [0.25, 0.3) is 6.08 Å². The second-order valence-electron chi connectivity index (χ2n) is 11.4. The molecule has 33 heavy (non-hydrogen) atoms. The van der Waals surface area contributed by atoms with Crippen LogP contribution in [0.2, 0.25) is 0 Å². The molecule has 1 heterocycles. The van der Waals surface area contributed by atoms with Gasteiger partial charge in [-0.05, 0) is 96.4 Å². The number of halogens is 1. The highest BCUT2D eigenvalue weighted by Gasteiger charge is 2.68. The van der Waals surface area contributed by atoms with Crippen LogP contribution >= 0.6 is 12.6 Å². The topological polar surface area (TPSA) is 66.0 Å². The molecule has 1 aromatic heterocycles. The number of aromatic amines is 1. The lowest BCUT2D eigenvalue weighted by molar-refractivity contribution is -0.141. The van der Waals surface area contributed by atoms with E-state index in [1.807, 2.05) is 6.20 Å². The van der Waals surface area contributed by atoms with E-state index in [4.69, 9.17) is 0 Å². The number of nitrogens with zero attached hydrogens (tertiary/aromatic N) is 1. The highest BCUT2D eigenvalue weighted by atomic mass is 32.1. The first-order valence-corrected chi connectivity index (χ1v) is 12.6. The monoisotopic (exact) mass is 466 g/mol. The van der Waals surface area contributed by atoms with Gasteiger partial charge in [-0.1, -0.05) is 31.6 Å². The van der Waals surface area contributed by atoms with Crippen LogP contribution in [0.3, 0.4) is 0 Å². The van der Waals surface area contributed by atoms with Crippen molar-refractivity contribution in [1.29, 1.82) is 0 Å². The largest absolute Gasteiger partial charge is 0.393 e. The fraction of sp³-hybridized carbons (Fsp3) is 0.556. The van der Waals surface area contributed by atoms with Gasteiger partial charge >= 0.3 is 0 Å². The molecule has 4 nitrogen and oxygen atoms in total. The molecular formula is C27H31FN2O2S. The highest BCUT2D eigenvalue weighted by Crippen LogP contribution is 2.70. The van der Waals surface area contributed by atoms with Crippen LogP contribution in [0.5, 0.6) is 0 Å². The molecular weight excluding hydrogens is 435 g/mol. The summed E-state index contributed by atoms with van der Waals surface area (Å²) in [6.07, 6.45) is 8.78. The van der Waals surface area contributed by atoms with Crippen LogP contribution in [0, 0.1) is 34.4 Å². The third-order valence-electron chi connectivity index (χ3n) is 10.2. The minimum absolute atomic E-state index is 0.105. The SMILES string of the molecule is CC12Cc3cn[nH]c3C=C1CCC1C2C(O)CC2(C)C1CCC2(C(=O)S)c1ccc(F)cc1. The molecule has 1 aromatic carbocycles. The number of rotatable bonds is 2. The van der Waals surface area contributed by atoms with Crippen molar-refractivity contribution in [3.8, 4) is 0 Å². The van der Waals surface area contributed by atoms with E-state index in [0.717, 1.165) is 36.9 Å². The van der Waals surface area contributed by atoms with Crippen molar-refractivity contribution in [2.24, 2.45) is 28.6 Å². The predicted octanol–water partition coefficient (Wildman–Crippen LogP) is 5.10. The van der Waals surface area contributed by atoms with Gasteiger partial charge in [-0.2, -0.15) is 5.10 Å². The minimum atomic E-state index is -0.804. The summed E-state index contributed by atoms with van der Waals surface area (Å²) >= 11 is 4.42. The molecule has 4 aliphatic carbocycles. The zero-order valence-electron chi connectivity index (χ0n) is 19.1. The first-order chi connectivity index (χ1) is 15.7. The highest BCUT2D eigenvalue weighted by molar-refractivity contribution is 7.96. The maximum absolute atomic E-state index is 13.7. The number of hydrogen-bond acceptors (Lipinski definition) is 3. The molecule has 0 radical (unpaired) electrons. The average Bonchev–Trinajstić information content (AvgIpc) is 3.33. The second kappa shape index (κ2) is 7.05. The van der Waals surface area contributed by atoms with Crippen molar-refractivity contribution in [3.63, 3.8) is 0 Å². The van der Waals surface area contributed by atoms with E-state index < -0.39 is 16.9 Å². The van der Waals surface area contributed by atoms with Gasteiger partial charge in [-0.15, -0.1) is 12.6 Å². The third kappa shape index (κ3) is 2.68. The van der Waals surface area contributed by atoms with E-state index in [2.05, 4.69) is 42.7 Å². The number of thiol groups is 1. The molecule has 0 aliphatic heterocycles. The van der Waals surface area contributed by atoms with Crippen molar-refractivity contribution >= 4 is 23.8 Å². The molecule has 4 aliphatic rings. The number of nitrogens with one attached hydrogen (secondary N) is 1. The number of aliphatic hydroxyl groups is 1. The Balaban J connectivity index is 1.43. The van der Waals surface area contributed by atoms with Gasteiger partial charge in [0.1, 0.15) is 5.82 Å². The second-order valence-corrected chi connectivity index (χ2v) is 11.8. The molecule has 2 N–H and O–H groups in total. The first-order valence-electron chi connectivity index (χ1n) is 12.1. The van der Waals surface area contributed by atoms with Crippen molar-refractivity contribution in [1.82, 2.24) is 10.2 Å². The number of aliphatic hydroxyl groups excluding tert-OH is 1. The van der Waals surface area contributed by atoms with E-state index >= 15 is 0 Å². The van der Waals surface area contributed by atoms with Gasteiger partial charge < -0.3 is 5.11 Å². The fourth-order valence-electron chi connectivity index (χ4n) is 8.81. The van der Waals surface area contributed by atoms with Crippen molar-refractivity contribution in [2.45, 2.75) is 63.9 Å². The van der Waals surface area contributed by atoms with Gasteiger partial charge in [0.05, 0.1) is 23.4 Å². The van der Waals surface area contributed by atoms with Gasteiger partial charge in [0, 0.05) is 0 Å². The molecule has 174 valence electrons. The maximum atomic E-state index is 13.7. The number of fused-ring (bicyclic) bond motifs is 6. The van der Waals surface area contributed by atoms with Crippen LogP contribution in [0.4, 0.5) is 4.39 Å². The van der Waals surface area contributed by atoms with Crippen LogP contribution < -0.4 is 0 Å². The van der Waals surface area contributed by atoms with Gasteiger partial charge in [-0.3, -0.25) is 9.89 Å². The Bertz CT molecular complexity index is 1160. The van der Waals surface area contributed by atoms with E-state index in [0.29, 0.717) is 24.7 Å². The van der Waals surface area contributed by atoms with Crippen LogP contribution in [-0.2, 0) is 16.6 Å². The van der Waals surface area contributed by atoms with E-state index in [-0.39, 0.29) is 22.3 Å². The van der Waals surface area contributed by atoms with Crippen LogP contribution in [-0.4, -0.2) is 26.5 Å². The summed E-state index contributed by atoms with van der Waals surface area (Å²) in [6, 6.07) is 6.38. The van der Waals surface area contributed by atoms with E-state index in [9.17, 15) is 14.3 Å². The number of aromatic nitrogens is 2. The molecule has 2 aromatic rings. The molecule has 6 heteroatoms. The summed E-state index contributed by atoms with van der Waals surface area (Å²) < 4.78 is 13.7. The predicted molar refractivity (Wildman–Crippen MR) is 128 cm³/mol. The lowest BCUT2D eigenvalue weighted by Crippen LogP contribution is -2.60. The average molecular weight is 467 g/mol. The smallest absolute Gasteiger partial charge is 0.197 e. The van der Waals surface area contributed by atoms with Crippen LogP contribution in [0.15, 0.2) is 36.0 Å². The third-order valence-corrected chi connectivity index (χ3v) is 10.6. The summed E-state index contributed by atoms with van der Waals surface area (Å²) in [7, 11) is 0. The Labute approximate surface area is 199 Å². The number of carbonyl (C=O) groups excluding carboxylic acids is 1. The maximum Gasteiger partial charge on any atom is 0.197 e. The lowest BCUT2D eigenvalue weighted by atomic mass is 9.44. The Kier molecular flexibility index (Phi) is 4.61. The number of carbonyl (C=O) groups is 1. The lowest BCUT2D eigenvalue weighted by Gasteiger charge is -2.61. The molecule has 6 rings (SSSR count). The number of H-pyrrole nitrogens is 1. The summed E-state index contributed by atoms with van der Waals surface area (Å²) in [4.78, 5) is 13.2. The zero-order chi connectivity index (χ0) is 23.2. The number of benzene rings is 1. The van der Waals surface area contributed by atoms with Crippen molar-refractivity contribution < 1.29 is 14.3 Å². The first kappa shape index (κ1) is 21.6. The summed E-state index contributed by atoms with van der Waals surface area (Å²) in [5.74, 6) is 0.498. The quantitative estimate of drug-likeness (QED) is 0.540. The number of hydrogen-bond donors (Lipinski definition) is 3.